The highest BCUT2D eigenvalue weighted by atomic mass is 28.4. The van der Waals surface area contributed by atoms with Crippen LogP contribution in [0.3, 0.4) is 0 Å². The molecule has 0 aliphatic heterocycles. The van der Waals surface area contributed by atoms with Crippen molar-refractivity contribution in [3.05, 3.63) is 12.4 Å². The SMILES string of the molecule is CCCC(C)(C)[Si](C)(C)OCCC=CF. The molecule has 0 unspecified atom stereocenters. The molecule has 0 aliphatic carbocycles. The largest absolute Gasteiger partial charge is 0.417 e. The summed E-state index contributed by atoms with van der Waals surface area (Å²) < 4.78 is 17.7. The van der Waals surface area contributed by atoms with Crippen LogP contribution in [0.25, 0.3) is 0 Å². The maximum absolute atomic E-state index is 11.7. The van der Waals surface area contributed by atoms with Crippen molar-refractivity contribution in [3.63, 3.8) is 0 Å². The van der Waals surface area contributed by atoms with Crippen LogP contribution in [0.4, 0.5) is 4.39 Å². The third-order valence-electron chi connectivity index (χ3n) is 3.34. The minimum atomic E-state index is -1.66. The average molecular weight is 232 g/mol. The van der Waals surface area contributed by atoms with Crippen molar-refractivity contribution in [2.24, 2.45) is 0 Å². The van der Waals surface area contributed by atoms with Gasteiger partial charge in [-0.2, -0.15) is 0 Å². The molecule has 0 radical (unpaired) electrons. The van der Waals surface area contributed by atoms with E-state index in [-0.39, 0.29) is 0 Å². The van der Waals surface area contributed by atoms with Gasteiger partial charge in [0.2, 0.25) is 0 Å². The topological polar surface area (TPSA) is 9.23 Å². The number of rotatable bonds is 7. The second kappa shape index (κ2) is 6.43. The first-order chi connectivity index (χ1) is 6.87. The Bertz CT molecular complexity index is 200. The van der Waals surface area contributed by atoms with E-state index in [1.807, 2.05) is 0 Å². The molecule has 0 saturated heterocycles. The summed E-state index contributed by atoms with van der Waals surface area (Å²) in [7, 11) is -1.66. The molecule has 0 N–H and O–H groups in total. The Morgan fingerprint density at radius 1 is 1.33 bits per heavy atom. The van der Waals surface area contributed by atoms with Gasteiger partial charge in [0.1, 0.15) is 0 Å². The van der Waals surface area contributed by atoms with Crippen LogP contribution < -0.4 is 0 Å². The van der Waals surface area contributed by atoms with E-state index in [1.165, 1.54) is 18.9 Å². The minimum absolute atomic E-state index is 0.293. The number of hydrogen-bond acceptors (Lipinski definition) is 1. The van der Waals surface area contributed by atoms with Crippen LogP contribution in [0.5, 0.6) is 0 Å². The Labute approximate surface area is 94.8 Å². The van der Waals surface area contributed by atoms with Crippen LogP contribution in [0.15, 0.2) is 12.4 Å². The highest BCUT2D eigenvalue weighted by molar-refractivity contribution is 6.74. The molecule has 0 bridgehead atoms. The van der Waals surface area contributed by atoms with E-state index in [2.05, 4.69) is 33.9 Å². The zero-order chi connectivity index (χ0) is 11.9. The van der Waals surface area contributed by atoms with Crippen LogP contribution in [-0.4, -0.2) is 14.9 Å². The normalized spacial score (nSPS) is 13.7. The van der Waals surface area contributed by atoms with Gasteiger partial charge >= 0.3 is 0 Å². The molecule has 0 rings (SSSR count). The minimum Gasteiger partial charge on any atom is -0.417 e. The molecule has 0 spiro atoms. The van der Waals surface area contributed by atoms with E-state index in [4.69, 9.17) is 4.43 Å². The second-order valence-corrected chi connectivity index (χ2v) is 9.81. The van der Waals surface area contributed by atoms with E-state index in [1.54, 1.807) is 0 Å². The molecule has 90 valence electrons. The second-order valence-electron chi connectivity index (χ2n) is 5.14. The Kier molecular flexibility index (Phi) is 6.37. The maximum atomic E-state index is 11.7. The Morgan fingerprint density at radius 3 is 2.40 bits per heavy atom. The van der Waals surface area contributed by atoms with E-state index in [9.17, 15) is 4.39 Å². The van der Waals surface area contributed by atoms with Gasteiger partial charge < -0.3 is 4.43 Å². The van der Waals surface area contributed by atoms with Gasteiger partial charge in [-0.3, -0.25) is 0 Å². The van der Waals surface area contributed by atoms with E-state index in [0.29, 0.717) is 24.4 Å². The molecule has 3 heteroatoms. The summed E-state index contributed by atoms with van der Waals surface area (Å²) in [4.78, 5) is 0. The van der Waals surface area contributed by atoms with E-state index in [0.717, 1.165) is 0 Å². The molecule has 0 aromatic carbocycles. The predicted octanol–water partition coefficient (Wildman–Crippen LogP) is 4.66. The zero-order valence-electron chi connectivity index (χ0n) is 10.8. The van der Waals surface area contributed by atoms with Crippen molar-refractivity contribution in [1.82, 2.24) is 0 Å². The monoisotopic (exact) mass is 232 g/mol. The Balaban J connectivity index is 4.14. The molecule has 1 nitrogen and oxygen atoms in total. The van der Waals surface area contributed by atoms with Crippen molar-refractivity contribution in [2.45, 2.75) is 58.2 Å². The lowest BCUT2D eigenvalue weighted by molar-refractivity contribution is 0.286. The standard InChI is InChI=1S/C12H25FOSi/c1-6-9-12(2,3)15(4,5)14-11-8-7-10-13/h7,10H,6,8-9,11H2,1-5H3. The van der Waals surface area contributed by atoms with Gasteiger partial charge in [-0.05, 0) is 31.0 Å². The lowest BCUT2D eigenvalue weighted by atomic mass is 10.1. The molecular weight excluding hydrogens is 207 g/mol. The fourth-order valence-electron chi connectivity index (χ4n) is 1.57. The van der Waals surface area contributed by atoms with Gasteiger partial charge in [0.05, 0.1) is 6.33 Å². The number of halogens is 1. The first kappa shape index (κ1) is 14.8. The number of hydrogen-bond donors (Lipinski definition) is 0. The van der Waals surface area contributed by atoms with Crippen molar-refractivity contribution in [2.75, 3.05) is 6.61 Å². The van der Waals surface area contributed by atoms with Gasteiger partial charge in [0.15, 0.2) is 8.32 Å². The van der Waals surface area contributed by atoms with Crippen LogP contribution in [0.1, 0.15) is 40.0 Å². The summed E-state index contributed by atoms with van der Waals surface area (Å²) in [6.07, 6.45) is 5.17. The van der Waals surface area contributed by atoms with Crippen molar-refractivity contribution < 1.29 is 8.82 Å². The van der Waals surface area contributed by atoms with E-state index < -0.39 is 8.32 Å². The van der Waals surface area contributed by atoms with Crippen LogP contribution >= 0.6 is 0 Å². The van der Waals surface area contributed by atoms with Gasteiger partial charge in [0, 0.05) is 6.61 Å². The maximum Gasteiger partial charge on any atom is 0.192 e. The molecular formula is C12H25FOSi. The summed E-state index contributed by atoms with van der Waals surface area (Å²) in [5.41, 5.74) is 0. The highest BCUT2D eigenvalue weighted by Crippen LogP contribution is 2.41. The molecule has 0 heterocycles. The van der Waals surface area contributed by atoms with Crippen LogP contribution in [0.2, 0.25) is 18.1 Å². The first-order valence-corrected chi connectivity index (χ1v) is 8.67. The van der Waals surface area contributed by atoms with Gasteiger partial charge in [-0.15, -0.1) is 0 Å². The molecule has 0 fully saturated rings. The Morgan fingerprint density at radius 2 is 1.93 bits per heavy atom. The van der Waals surface area contributed by atoms with Crippen molar-refractivity contribution in [3.8, 4) is 0 Å². The summed E-state index contributed by atoms with van der Waals surface area (Å²) in [6, 6.07) is 0. The molecule has 15 heavy (non-hydrogen) atoms. The average Bonchev–Trinajstić information content (AvgIpc) is 2.12. The lowest BCUT2D eigenvalue weighted by Gasteiger charge is -2.39. The smallest absolute Gasteiger partial charge is 0.192 e. The summed E-state index contributed by atoms with van der Waals surface area (Å²) in [5.74, 6) is 0. The fraction of sp³-hybridized carbons (Fsp3) is 0.833. The molecule has 0 aromatic rings. The molecule has 0 atom stereocenters. The summed E-state index contributed by atoms with van der Waals surface area (Å²) in [5, 5.41) is 0.293. The molecule has 0 aliphatic rings. The predicted molar refractivity (Wildman–Crippen MR) is 67.2 cm³/mol. The van der Waals surface area contributed by atoms with Crippen LogP contribution in [-0.2, 0) is 4.43 Å². The molecule has 0 aromatic heterocycles. The summed E-state index contributed by atoms with van der Waals surface area (Å²) >= 11 is 0. The quantitative estimate of drug-likeness (QED) is 0.458. The first-order valence-electron chi connectivity index (χ1n) is 5.76. The highest BCUT2D eigenvalue weighted by Gasteiger charge is 2.39. The molecule has 0 amide bonds. The zero-order valence-corrected chi connectivity index (χ0v) is 11.8. The van der Waals surface area contributed by atoms with Gasteiger partial charge in [-0.25, -0.2) is 4.39 Å². The Hall–Kier alpha value is -0.153. The van der Waals surface area contributed by atoms with Gasteiger partial charge in [0.25, 0.3) is 0 Å². The molecule has 0 saturated carbocycles. The van der Waals surface area contributed by atoms with Crippen molar-refractivity contribution >= 4 is 8.32 Å². The third kappa shape index (κ3) is 4.93. The fourth-order valence-corrected chi connectivity index (χ4v) is 3.44. The van der Waals surface area contributed by atoms with E-state index >= 15 is 0 Å². The van der Waals surface area contributed by atoms with Crippen molar-refractivity contribution in [1.29, 1.82) is 0 Å². The van der Waals surface area contributed by atoms with Gasteiger partial charge in [-0.1, -0.05) is 33.3 Å². The lowest BCUT2D eigenvalue weighted by Crippen LogP contribution is -2.42. The third-order valence-corrected chi connectivity index (χ3v) is 7.78. The van der Waals surface area contributed by atoms with Crippen LogP contribution in [0, 0.1) is 0 Å². The summed E-state index contributed by atoms with van der Waals surface area (Å²) in [6.45, 7) is 11.9.